The van der Waals surface area contributed by atoms with Crippen molar-refractivity contribution in [2.24, 2.45) is 0 Å². The van der Waals surface area contributed by atoms with Crippen molar-refractivity contribution in [3.05, 3.63) is 47.9 Å². The summed E-state index contributed by atoms with van der Waals surface area (Å²) in [4.78, 5) is 12.4. The number of benzene rings is 1. The Hall–Kier alpha value is -2.56. The molecule has 3 N–H and O–H groups in total. The smallest absolute Gasteiger partial charge is 0.237 e. The zero-order chi connectivity index (χ0) is 13.4. The summed E-state index contributed by atoms with van der Waals surface area (Å²) in [7, 11) is 0. The summed E-state index contributed by atoms with van der Waals surface area (Å²) >= 11 is 0. The molecule has 2 aromatic heterocycles. The van der Waals surface area contributed by atoms with Crippen LogP contribution in [0.25, 0.3) is 10.9 Å². The van der Waals surface area contributed by atoms with Gasteiger partial charge in [-0.15, -0.1) is 0 Å². The van der Waals surface area contributed by atoms with Gasteiger partial charge in [-0.3, -0.25) is 14.5 Å². The second kappa shape index (κ2) is 4.28. The fourth-order valence-electron chi connectivity index (χ4n) is 2.33. The van der Waals surface area contributed by atoms with Gasteiger partial charge in [-0.25, -0.2) is 0 Å². The lowest BCUT2D eigenvalue weighted by molar-refractivity contribution is 0.0916. The van der Waals surface area contributed by atoms with Crippen molar-refractivity contribution < 1.29 is 4.79 Å². The van der Waals surface area contributed by atoms with Crippen LogP contribution in [0, 0.1) is 6.92 Å². The predicted octanol–water partition coefficient (Wildman–Crippen LogP) is 2.14. The lowest BCUT2D eigenvalue weighted by atomic mass is 10.2. The Bertz CT molecular complexity index is 740. The molecule has 0 saturated carbocycles. The molecule has 3 rings (SSSR count). The Morgan fingerprint density at radius 2 is 2.21 bits per heavy atom. The van der Waals surface area contributed by atoms with E-state index in [9.17, 15) is 4.79 Å². The molecule has 0 aliphatic rings. The van der Waals surface area contributed by atoms with E-state index in [0.29, 0.717) is 12.1 Å². The van der Waals surface area contributed by atoms with Crippen LogP contribution >= 0.6 is 0 Å². The number of carbonyl (C=O) groups is 1. The second-order valence-electron chi connectivity index (χ2n) is 4.59. The van der Waals surface area contributed by atoms with E-state index >= 15 is 0 Å². The highest BCUT2D eigenvalue weighted by Crippen LogP contribution is 2.22. The number of H-pyrrole nitrogens is 1. The third kappa shape index (κ3) is 1.99. The number of anilines is 1. The SMILES string of the molecule is Cc1cc2cc(N)ccc2n1C(=O)Cc1ccn[nH]1. The molecule has 2 heterocycles. The van der Waals surface area contributed by atoms with Gasteiger partial charge in [0.2, 0.25) is 5.91 Å². The largest absolute Gasteiger partial charge is 0.399 e. The van der Waals surface area contributed by atoms with Crippen molar-refractivity contribution >= 4 is 22.5 Å². The zero-order valence-electron chi connectivity index (χ0n) is 10.6. The maximum absolute atomic E-state index is 12.4. The zero-order valence-corrected chi connectivity index (χ0v) is 10.6. The standard InChI is InChI=1S/C14H14N4O/c1-9-6-10-7-11(15)2-3-13(10)18(9)14(19)8-12-4-5-16-17-12/h2-7H,8,15H2,1H3,(H,16,17). The maximum Gasteiger partial charge on any atom is 0.237 e. The number of nitrogens with one attached hydrogen (secondary N) is 1. The molecule has 19 heavy (non-hydrogen) atoms. The van der Waals surface area contributed by atoms with Crippen molar-refractivity contribution in [2.45, 2.75) is 13.3 Å². The molecule has 0 aliphatic heterocycles. The second-order valence-corrected chi connectivity index (χ2v) is 4.59. The number of carbonyl (C=O) groups excluding carboxylic acids is 1. The first kappa shape index (κ1) is 11.5. The van der Waals surface area contributed by atoms with E-state index in [2.05, 4.69) is 10.2 Å². The predicted molar refractivity (Wildman–Crippen MR) is 74.0 cm³/mol. The van der Waals surface area contributed by atoms with E-state index in [-0.39, 0.29) is 5.91 Å². The summed E-state index contributed by atoms with van der Waals surface area (Å²) in [5, 5.41) is 7.63. The van der Waals surface area contributed by atoms with Crippen LogP contribution in [0.5, 0.6) is 0 Å². The molecule has 5 heteroatoms. The minimum Gasteiger partial charge on any atom is -0.399 e. The highest BCUT2D eigenvalue weighted by Gasteiger charge is 2.13. The molecule has 0 fully saturated rings. The summed E-state index contributed by atoms with van der Waals surface area (Å²) in [6.07, 6.45) is 1.94. The summed E-state index contributed by atoms with van der Waals surface area (Å²) in [5.74, 6) is 0.0153. The third-order valence-electron chi connectivity index (χ3n) is 3.16. The van der Waals surface area contributed by atoms with Gasteiger partial charge in [0.1, 0.15) is 0 Å². The van der Waals surface area contributed by atoms with Crippen LogP contribution in [-0.4, -0.2) is 20.7 Å². The molecular weight excluding hydrogens is 240 g/mol. The lowest BCUT2D eigenvalue weighted by Gasteiger charge is -2.06. The quantitative estimate of drug-likeness (QED) is 0.688. The van der Waals surface area contributed by atoms with Gasteiger partial charge in [-0.2, -0.15) is 5.10 Å². The highest BCUT2D eigenvalue weighted by molar-refractivity contribution is 5.95. The average Bonchev–Trinajstić information content (AvgIpc) is 2.95. The van der Waals surface area contributed by atoms with Crippen LogP contribution < -0.4 is 5.73 Å². The Morgan fingerprint density at radius 1 is 1.37 bits per heavy atom. The number of aryl methyl sites for hydroxylation is 1. The molecule has 0 spiro atoms. The van der Waals surface area contributed by atoms with E-state index in [4.69, 9.17) is 5.73 Å². The lowest BCUT2D eigenvalue weighted by Crippen LogP contribution is -2.14. The third-order valence-corrected chi connectivity index (χ3v) is 3.16. The molecular formula is C14H14N4O. The minimum atomic E-state index is 0.0153. The van der Waals surface area contributed by atoms with Crippen LogP contribution in [0.4, 0.5) is 5.69 Å². The number of aromatic nitrogens is 3. The van der Waals surface area contributed by atoms with E-state index in [1.807, 2.05) is 31.2 Å². The topological polar surface area (TPSA) is 76.7 Å². The number of nitrogens with two attached hydrogens (primary N) is 1. The molecule has 0 bridgehead atoms. The molecule has 0 aliphatic carbocycles. The maximum atomic E-state index is 12.4. The van der Waals surface area contributed by atoms with Crippen LogP contribution in [0.2, 0.25) is 0 Å². The van der Waals surface area contributed by atoms with E-state index in [1.165, 1.54) is 0 Å². The first-order valence-corrected chi connectivity index (χ1v) is 6.04. The summed E-state index contributed by atoms with van der Waals surface area (Å²) in [6, 6.07) is 9.33. The number of aromatic amines is 1. The van der Waals surface area contributed by atoms with Gasteiger partial charge in [0, 0.05) is 28.7 Å². The molecule has 0 amide bonds. The number of hydrogen-bond donors (Lipinski definition) is 2. The number of fused-ring (bicyclic) bond motifs is 1. The van der Waals surface area contributed by atoms with Crippen LogP contribution in [0.15, 0.2) is 36.5 Å². The molecule has 0 saturated heterocycles. The molecule has 5 nitrogen and oxygen atoms in total. The van der Waals surface area contributed by atoms with Crippen LogP contribution in [0.3, 0.4) is 0 Å². The monoisotopic (exact) mass is 254 g/mol. The van der Waals surface area contributed by atoms with E-state index in [0.717, 1.165) is 22.3 Å². The fraction of sp³-hybridized carbons (Fsp3) is 0.143. The van der Waals surface area contributed by atoms with Gasteiger partial charge < -0.3 is 5.73 Å². The van der Waals surface area contributed by atoms with Gasteiger partial charge in [-0.1, -0.05) is 0 Å². The number of nitrogen functional groups attached to an aromatic ring is 1. The summed E-state index contributed by atoms with van der Waals surface area (Å²) in [5.41, 5.74) is 9.06. The van der Waals surface area contributed by atoms with Crippen molar-refractivity contribution in [3.63, 3.8) is 0 Å². The average molecular weight is 254 g/mol. The van der Waals surface area contributed by atoms with Crippen molar-refractivity contribution in [1.29, 1.82) is 0 Å². The fourth-order valence-corrected chi connectivity index (χ4v) is 2.33. The van der Waals surface area contributed by atoms with Crippen LogP contribution in [-0.2, 0) is 6.42 Å². The molecule has 96 valence electrons. The van der Waals surface area contributed by atoms with Crippen molar-refractivity contribution in [3.8, 4) is 0 Å². The summed E-state index contributed by atoms with van der Waals surface area (Å²) < 4.78 is 1.72. The molecule has 3 aromatic rings. The number of nitrogens with zero attached hydrogens (tertiary/aromatic N) is 2. The molecule has 0 radical (unpaired) electrons. The van der Waals surface area contributed by atoms with E-state index < -0.39 is 0 Å². The van der Waals surface area contributed by atoms with Gasteiger partial charge in [0.15, 0.2) is 0 Å². The first-order valence-electron chi connectivity index (χ1n) is 6.04. The first-order chi connectivity index (χ1) is 9.15. The van der Waals surface area contributed by atoms with Crippen LogP contribution in [0.1, 0.15) is 16.2 Å². The minimum absolute atomic E-state index is 0.0153. The molecule has 0 unspecified atom stereocenters. The summed E-state index contributed by atoms with van der Waals surface area (Å²) in [6.45, 7) is 1.92. The molecule has 0 atom stereocenters. The Morgan fingerprint density at radius 3 is 2.95 bits per heavy atom. The van der Waals surface area contributed by atoms with Gasteiger partial charge in [0.05, 0.1) is 11.9 Å². The van der Waals surface area contributed by atoms with E-state index in [1.54, 1.807) is 16.8 Å². The van der Waals surface area contributed by atoms with Gasteiger partial charge in [0.25, 0.3) is 0 Å². The van der Waals surface area contributed by atoms with Crippen molar-refractivity contribution in [1.82, 2.24) is 14.8 Å². The number of rotatable bonds is 2. The Labute approximate surface area is 110 Å². The Balaban J connectivity index is 2.04. The Kier molecular flexibility index (Phi) is 2.59. The molecule has 1 aromatic carbocycles. The van der Waals surface area contributed by atoms with Gasteiger partial charge >= 0.3 is 0 Å². The van der Waals surface area contributed by atoms with Gasteiger partial charge in [-0.05, 0) is 37.3 Å². The van der Waals surface area contributed by atoms with Crippen molar-refractivity contribution in [2.75, 3.05) is 5.73 Å². The highest BCUT2D eigenvalue weighted by atomic mass is 16.2. The number of hydrogen-bond acceptors (Lipinski definition) is 3. The normalized spacial score (nSPS) is 11.0.